The zero-order valence-electron chi connectivity index (χ0n) is 11.3. The minimum Gasteiger partial charge on any atom is -0.348 e. The van der Waals surface area contributed by atoms with Crippen molar-refractivity contribution in [2.75, 3.05) is 13.1 Å². The molecule has 0 bridgehead atoms. The minimum absolute atomic E-state index is 0.484. The number of carbonyl (C=O) groups is 2. The van der Waals surface area contributed by atoms with Crippen LogP contribution in [0.5, 0.6) is 0 Å². The lowest BCUT2D eigenvalue weighted by Crippen LogP contribution is -2.41. The molecular formula is C13H26N2O2. The Kier molecular flexibility index (Phi) is 9.49. The predicted octanol–water partition coefficient (Wildman–Crippen LogP) is 1.85. The summed E-state index contributed by atoms with van der Waals surface area (Å²) < 4.78 is 0. The Balaban J connectivity index is 3.83. The maximum Gasteiger partial charge on any atom is 0.309 e. The van der Waals surface area contributed by atoms with Gasteiger partial charge in [0.15, 0.2) is 0 Å². The van der Waals surface area contributed by atoms with E-state index in [2.05, 4.69) is 24.5 Å². The Morgan fingerprint density at radius 2 is 1.65 bits per heavy atom. The van der Waals surface area contributed by atoms with Gasteiger partial charge in [-0.3, -0.25) is 9.59 Å². The average molecular weight is 242 g/mol. The van der Waals surface area contributed by atoms with Crippen molar-refractivity contribution in [3.05, 3.63) is 0 Å². The number of hydrogen-bond donors (Lipinski definition) is 2. The molecule has 0 aromatic carbocycles. The smallest absolute Gasteiger partial charge is 0.309 e. The van der Waals surface area contributed by atoms with Crippen molar-refractivity contribution in [1.82, 2.24) is 10.6 Å². The van der Waals surface area contributed by atoms with Crippen LogP contribution in [0.15, 0.2) is 0 Å². The lowest BCUT2D eigenvalue weighted by Gasteiger charge is -2.14. The van der Waals surface area contributed by atoms with Gasteiger partial charge in [0.05, 0.1) is 0 Å². The standard InChI is InChI=1S/C13H26N2O2/c1-4-7-8-11(6-3)10-15-13(17)12(16)14-9-5-2/h11H,4-10H2,1-3H3,(H,14,16)(H,15,17). The molecule has 100 valence electrons. The predicted molar refractivity (Wildman–Crippen MR) is 69.6 cm³/mol. The van der Waals surface area contributed by atoms with Crippen LogP contribution in [-0.4, -0.2) is 24.9 Å². The van der Waals surface area contributed by atoms with Crippen molar-refractivity contribution in [2.24, 2.45) is 5.92 Å². The van der Waals surface area contributed by atoms with Crippen LogP contribution in [-0.2, 0) is 9.59 Å². The topological polar surface area (TPSA) is 58.2 Å². The lowest BCUT2D eigenvalue weighted by atomic mass is 9.99. The largest absolute Gasteiger partial charge is 0.348 e. The normalized spacial score (nSPS) is 11.9. The Hall–Kier alpha value is -1.06. The quantitative estimate of drug-likeness (QED) is 0.638. The van der Waals surface area contributed by atoms with E-state index >= 15 is 0 Å². The third-order valence-corrected chi connectivity index (χ3v) is 2.84. The van der Waals surface area contributed by atoms with Gasteiger partial charge in [0.1, 0.15) is 0 Å². The van der Waals surface area contributed by atoms with Crippen molar-refractivity contribution in [3.8, 4) is 0 Å². The molecule has 0 aromatic rings. The molecule has 4 heteroatoms. The van der Waals surface area contributed by atoms with Crippen LogP contribution < -0.4 is 10.6 Å². The van der Waals surface area contributed by atoms with Crippen LogP contribution in [0.25, 0.3) is 0 Å². The summed E-state index contributed by atoms with van der Waals surface area (Å²) in [5.41, 5.74) is 0. The number of hydrogen-bond acceptors (Lipinski definition) is 2. The molecule has 0 aliphatic heterocycles. The highest BCUT2D eigenvalue weighted by atomic mass is 16.2. The Bertz CT molecular complexity index is 229. The Morgan fingerprint density at radius 1 is 1.00 bits per heavy atom. The van der Waals surface area contributed by atoms with Crippen molar-refractivity contribution in [2.45, 2.75) is 52.9 Å². The summed E-state index contributed by atoms with van der Waals surface area (Å²) in [7, 11) is 0. The van der Waals surface area contributed by atoms with Crippen molar-refractivity contribution in [1.29, 1.82) is 0 Å². The maximum atomic E-state index is 11.4. The van der Waals surface area contributed by atoms with E-state index in [1.54, 1.807) is 0 Å². The Morgan fingerprint density at radius 3 is 2.18 bits per heavy atom. The number of rotatable bonds is 8. The second-order valence-corrected chi connectivity index (χ2v) is 4.38. The summed E-state index contributed by atoms with van der Waals surface area (Å²) in [4.78, 5) is 22.7. The highest BCUT2D eigenvalue weighted by Gasteiger charge is 2.14. The van der Waals surface area contributed by atoms with E-state index in [-0.39, 0.29) is 0 Å². The fourth-order valence-corrected chi connectivity index (χ4v) is 1.58. The molecule has 0 spiro atoms. The van der Waals surface area contributed by atoms with Crippen LogP contribution in [0.4, 0.5) is 0 Å². The molecular weight excluding hydrogens is 216 g/mol. The van der Waals surface area contributed by atoms with E-state index in [9.17, 15) is 9.59 Å². The van der Waals surface area contributed by atoms with E-state index in [4.69, 9.17) is 0 Å². The second kappa shape index (κ2) is 10.1. The van der Waals surface area contributed by atoms with E-state index in [1.165, 1.54) is 12.8 Å². The first-order valence-electron chi connectivity index (χ1n) is 6.71. The molecule has 0 saturated carbocycles. The van der Waals surface area contributed by atoms with Crippen LogP contribution in [0.2, 0.25) is 0 Å². The highest BCUT2D eigenvalue weighted by Crippen LogP contribution is 2.10. The molecule has 0 saturated heterocycles. The molecule has 0 rings (SSSR count). The molecule has 0 aliphatic carbocycles. The fourth-order valence-electron chi connectivity index (χ4n) is 1.58. The van der Waals surface area contributed by atoms with Gasteiger partial charge in [0.2, 0.25) is 0 Å². The molecule has 0 aromatic heterocycles. The lowest BCUT2D eigenvalue weighted by molar-refractivity contribution is -0.139. The van der Waals surface area contributed by atoms with E-state index in [0.717, 1.165) is 19.3 Å². The van der Waals surface area contributed by atoms with Gasteiger partial charge in [-0.05, 0) is 18.8 Å². The molecule has 0 heterocycles. The van der Waals surface area contributed by atoms with Crippen LogP contribution in [0.1, 0.15) is 52.9 Å². The Labute approximate surface area is 105 Å². The van der Waals surface area contributed by atoms with Crippen LogP contribution in [0, 0.1) is 5.92 Å². The van der Waals surface area contributed by atoms with Crippen molar-refractivity contribution < 1.29 is 9.59 Å². The molecule has 2 N–H and O–H groups in total. The van der Waals surface area contributed by atoms with Gasteiger partial charge >= 0.3 is 11.8 Å². The SMILES string of the molecule is CCCCC(CC)CNC(=O)C(=O)NCCC. The summed E-state index contributed by atoms with van der Waals surface area (Å²) in [5.74, 6) is -0.538. The fraction of sp³-hybridized carbons (Fsp3) is 0.846. The van der Waals surface area contributed by atoms with Gasteiger partial charge in [0.25, 0.3) is 0 Å². The first kappa shape index (κ1) is 15.9. The third-order valence-electron chi connectivity index (χ3n) is 2.84. The van der Waals surface area contributed by atoms with Crippen LogP contribution in [0.3, 0.4) is 0 Å². The van der Waals surface area contributed by atoms with Gasteiger partial charge in [0, 0.05) is 13.1 Å². The number of carbonyl (C=O) groups excluding carboxylic acids is 2. The van der Waals surface area contributed by atoms with Crippen LogP contribution >= 0.6 is 0 Å². The zero-order valence-corrected chi connectivity index (χ0v) is 11.3. The zero-order chi connectivity index (χ0) is 13.1. The van der Waals surface area contributed by atoms with Crippen molar-refractivity contribution >= 4 is 11.8 Å². The van der Waals surface area contributed by atoms with E-state index in [0.29, 0.717) is 19.0 Å². The number of unbranched alkanes of at least 4 members (excludes halogenated alkanes) is 1. The minimum atomic E-state index is -0.516. The molecule has 17 heavy (non-hydrogen) atoms. The summed E-state index contributed by atoms with van der Waals surface area (Å²) in [6.07, 6.45) is 5.34. The molecule has 0 radical (unpaired) electrons. The third kappa shape index (κ3) is 7.77. The van der Waals surface area contributed by atoms with Gasteiger partial charge in [-0.2, -0.15) is 0 Å². The first-order valence-corrected chi connectivity index (χ1v) is 6.71. The summed E-state index contributed by atoms with van der Waals surface area (Å²) in [6.45, 7) is 7.39. The molecule has 1 unspecified atom stereocenters. The molecule has 1 atom stereocenters. The number of amides is 2. The monoisotopic (exact) mass is 242 g/mol. The van der Waals surface area contributed by atoms with Gasteiger partial charge < -0.3 is 10.6 Å². The van der Waals surface area contributed by atoms with E-state index in [1.807, 2.05) is 6.92 Å². The molecule has 0 aliphatic rings. The number of nitrogens with one attached hydrogen (secondary N) is 2. The molecule has 2 amide bonds. The maximum absolute atomic E-state index is 11.4. The summed E-state index contributed by atoms with van der Waals surface area (Å²) >= 11 is 0. The summed E-state index contributed by atoms with van der Waals surface area (Å²) in [6, 6.07) is 0. The van der Waals surface area contributed by atoms with E-state index < -0.39 is 11.8 Å². The van der Waals surface area contributed by atoms with Gasteiger partial charge in [-0.1, -0.05) is 40.0 Å². The second-order valence-electron chi connectivity index (χ2n) is 4.38. The summed E-state index contributed by atoms with van der Waals surface area (Å²) in [5, 5.41) is 5.27. The molecule has 0 fully saturated rings. The average Bonchev–Trinajstić information content (AvgIpc) is 2.35. The highest BCUT2D eigenvalue weighted by molar-refractivity contribution is 6.35. The first-order chi connectivity index (χ1) is 8.15. The van der Waals surface area contributed by atoms with Gasteiger partial charge in [-0.25, -0.2) is 0 Å². The van der Waals surface area contributed by atoms with Crippen molar-refractivity contribution in [3.63, 3.8) is 0 Å². The van der Waals surface area contributed by atoms with Gasteiger partial charge in [-0.15, -0.1) is 0 Å². The molecule has 4 nitrogen and oxygen atoms in total.